The van der Waals surface area contributed by atoms with E-state index in [1.807, 2.05) is 25.1 Å². The third-order valence-corrected chi connectivity index (χ3v) is 4.69. The van der Waals surface area contributed by atoms with Crippen molar-refractivity contribution >= 4 is 29.3 Å². The van der Waals surface area contributed by atoms with Crippen molar-refractivity contribution in [3.05, 3.63) is 51.9 Å². The molecule has 0 aliphatic heterocycles. The molecule has 1 unspecified atom stereocenters. The first-order valence-electron chi connectivity index (χ1n) is 7.34. The van der Waals surface area contributed by atoms with Crippen molar-refractivity contribution in [2.75, 3.05) is 5.75 Å². The van der Waals surface area contributed by atoms with Crippen molar-refractivity contribution in [2.45, 2.75) is 31.8 Å². The van der Waals surface area contributed by atoms with E-state index < -0.39 is 0 Å². The SMILES string of the molecule is Cc1nc(C)c(C#N)c(SCC(=O)NC(C)c2ccccc2Cl)n1. The van der Waals surface area contributed by atoms with Gasteiger partial charge < -0.3 is 5.32 Å². The number of aromatic nitrogens is 2. The van der Waals surface area contributed by atoms with Gasteiger partial charge in [0.25, 0.3) is 0 Å². The van der Waals surface area contributed by atoms with Crippen LogP contribution >= 0.6 is 23.4 Å². The van der Waals surface area contributed by atoms with Gasteiger partial charge in [0.15, 0.2) is 0 Å². The Morgan fingerprint density at radius 1 is 1.38 bits per heavy atom. The van der Waals surface area contributed by atoms with E-state index in [1.165, 1.54) is 11.8 Å². The molecule has 0 radical (unpaired) electrons. The summed E-state index contributed by atoms with van der Waals surface area (Å²) in [7, 11) is 0. The average Bonchev–Trinajstić information content (AvgIpc) is 2.52. The molecule has 2 rings (SSSR count). The van der Waals surface area contributed by atoms with Crippen molar-refractivity contribution in [3.8, 4) is 6.07 Å². The van der Waals surface area contributed by atoms with Crippen molar-refractivity contribution in [1.29, 1.82) is 5.26 Å². The zero-order valence-electron chi connectivity index (χ0n) is 13.6. The second-order valence-corrected chi connectivity index (χ2v) is 6.62. The van der Waals surface area contributed by atoms with E-state index in [9.17, 15) is 10.1 Å². The number of rotatable bonds is 5. The quantitative estimate of drug-likeness (QED) is 0.651. The third-order valence-electron chi connectivity index (χ3n) is 3.37. The number of aryl methyl sites for hydroxylation is 2. The zero-order valence-corrected chi connectivity index (χ0v) is 15.2. The van der Waals surface area contributed by atoms with Gasteiger partial charge in [0, 0.05) is 5.02 Å². The van der Waals surface area contributed by atoms with Gasteiger partial charge in [0.1, 0.15) is 22.5 Å². The minimum absolute atomic E-state index is 0.148. The van der Waals surface area contributed by atoms with Crippen LogP contribution in [0.5, 0.6) is 0 Å². The lowest BCUT2D eigenvalue weighted by atomic mass is 10.1. The van der Waals surface area contributed by atoms with Crippen LogP contribution in [0, 0.1) is 25.2 Å². The molecule has 5 nitrogen and oxygen atoms in total. The highest BCUT2D eigenvalue weighted by molar-refractivity contribution is 8.00. The van der Waals surface area contributed by atoms with E-state index in [4.69, 9.17) is 11.6 Å². The molecule has 0 saturated carbocycles. The predicted octanol–water partition coefficient (Wildman–Crippen LogP) is 3.59. The first-order valence-corrected chi connectivity index (χ1v) is 8.70. The molecule has 7 heteroatoms. The average molecular weight is 361 g/mol. The predicted molar refractivity (Wildman–Crippen MR) is 95.0 cm³/mol. The second-order valence-electron chi connectivity index (χ2n) is 5.25. The monoisotopic (exact) mass is 360 g/mol. The first kappa shape index (κ1) is 18.2. The number of amides is 1. The fourth-order valence-electron chi connectivity index (χ4n) is 2.24. The molecule has 24 heavy (non-hydrogen) atoms. The Hall–Kier alpha value is -2.10. The summed E-state index contributed by atoms with van der Waals surface area (Å²) in [6.45, 7) is 5.40. The molecule has 0 saturated heterocycles. The summed E-state index contributed by atoms with van der Waals surface area (Å²) in [4.78, 5) is 20.6. The number of carbonyl (C=O) groups excluding carboxylic acids is 1. The highest BCUT2D eigenvalue weighted by atomic mass is 35.5. The second kappa shape index (κ2) is 8.13. The zero-order chi connectivity index (χ0) is 17.7. The minimum Gasteiger partial charge on any atom is -0.349 e. The van der Waals surface area contributed by atoms with Crippen LogP contribution in [0.15, 0.2) is 29.3 Å². The summed E-state index contributed by atoms with van der Waals surface area (Å²) < 4.78 is 0. The smallest absolute Gasteiger partial charge is 0.230 e. The third kappa shape index (κ3) is 4.47. The largest absolute Gasteiger partial charge is 0.349 e. The van der Waals surface area contributed by atoms with Gasteiger partial charge in [0.2, 0.25) is 5.91 Å². The summed E-state index contributed by atoms with van der Waals surface area (Å²) in [6.07, 6.45) is 0. The van der Waals surface area contributed by atoms with Crippen molar-refractivity contribution in [3.63, 3.8) is 0 Å². The minimum atomic E-state index is -0.198. The number of thioether (sulfide) groups is 1. The maximum absolute atomic E-state index is 12.2. The molecule has 0 spiro atoms. The van der Waals surface area contributed by atoms with E-state index in [2.05, 4.69) is 21.4 Å². The summed E-state index contributed by atoms with van der Waals surface area (Å²) in [6, 6.07) is 9.29. The van der Waals surface area contributed by atoms with Crippen LogP contribution in [-0.4, -0.2) is 21.6 Å². The molecule has 0 fully saturated rings. The molecule has 124 valence electrons. The highest BCUT2D eigenvalue weighted by Gasteiger charge is 2.15. The molecule has 1 atom stereocenters. The maximum atomic E-state index is 12.2. The number of halogens is 1. The van der Waals surface area contributed by atoms with Gasteiger partial charge in [-0.05, 0) is 32.4 Å². The number of nitriles is 1. The Bertz CT molecular complexity index is 804. The van der Waals surface area contributed by atoms with E-state index in [0.29, 0.717) is 27.1 Å². The first-order chi connectivity index (χ1) is 11.4. The lowest BCUT2D eigenvalue weighted by Gasteiger charge is -2.15. The van der Waals surface area contributed by atoms with Crippen LogP contribution in [-0.2, 0) is 4.79 Å². The Morgan fingerprint density at radius 3 is 2.75 bits per heavy atom. The number of hydrogen-bond donors (Lipinski definition) is 1. The van der Waals surface area contributed by atoms with Gasteiger partial charge >= 0.3 is 0 Å². The molecule has 1 amide bonds. The van der Waals surface area contributed by atoms with E-state index in [1.54, 1.807) is 19.9 Å². The van der Waals surface area contributed by atoms with Gasteiger partial charge in [-0.15, -0.1) is 0 Å². The number of nitrogens with one attached hydrogen (secondary N) is 1. The van der Waals surface area contributed by atoms with Crippen LogP contribution in [0.3, 0.4) is 0 Å². The molecular formula is C17H17ClN4OS. The Kier molecular flexibility index (Phi) is 6.18. The Labute approximate surface area is 150 Å². The van der Waals surface area contributed by atoms with E-state index in [-0.39, 0.29) is 17.7 Å². The molecule has 0 bridgehead atoms. The van der Waals surface area contributed by atoms with Crippen molar-refractivity contribution < 1.29 is 4.79 Å². The molecule has 0 aliphatic carbocycles. The van der Waals surface area contributed by atoms with Gasteiger partial charge in [0.05, 0.1) is 17.5 Å². The summed E-state index contributed by atoms with van der Waals surface area (Å²) in [5, 5.41) is 13.3. The fraction of sp³-hybridized carbons (Fsp3) is 0.294. The van der Waals surface area contributed by atoms with Gasteiger partial charge in [-0.3, -0.25) is 4.79 Å². The molecular weight excluding hydrogens is 344 g/mol. The van der Waals surface area contributed by atoms with Gasteiger partial charge in [-0.2, -0.15) is 5.26 Å². The molecule has 2 aromatic rings. The van der Waals surface area contributed by atoms with E-state index in [0.717, 1.165) is 5.56 Å². The Morgan fingerprint density at radius 2 is 2.08 bits per heavy atom. The summed E-state index contributed by atoms with van der Waals surface area (Å²) in [5.41, 5.74) is 1.90. The topological polar surface area (TPSA) is 78.7 Å². The molecule has 1 heterocycles. The number of benzene rings is 1. The van der Waals surface area contributed by atoms with E-state index >= 15 is 0 Å². The molecule has 1 aromatic carbocycles. The van der Waals surface area contributed by atoms with Crippen LogP contribution < -0.4 is 5.32 Å². The number of nitrogens with zero attached hydrogens (tertiary/aromatic N) is 3. The van der Waals surface area contributed by atoms with Crippen LogP contribution in [0.4, 0.5) is 0 Å². The van der Waals surface area contributed by atoms with Crippen molar-refractivity contribution in [1.82, 2.24) is 15.3 Å². The molecule has 1 aromatic heterocycles. The fourth-order valence-corrected chi connectivity index (χ4v) is 3.42. The summed E-state index contributed by atoms with van der Waals surface area (Å²) in [5.74, 6) is 0.600. The molecule has 1 N–H and O–H groups in total. The highest BCUT2D eigenvalue weighted by Crippen LogP contribution is 2.24. The summed E-state index contributed by atoms with van der Waals surface area (Å²) >= 11 is 7.37. The normalized spacial score (nSPS) is 11.6. The number of hydrogen-bond acceptors (Lipinski definition) is 5. The lowest BCUT2D eigenvalue weighted by Crippen LogP contribution is -2.28. The molecule has 0 aliphatic rings. The van der Waals surface area contributed by atoms with Gasteiger partial charge in [-0.25, -0.2) is 9.97 Å². The lowest BCUT2D eigenvalue weighted by molar-refractivity contribution is -0.119. The standard InChI is InChI=1S/C17H17ClN4OS/c1-10(13-6-4-5-7-15(13)18)21-16(23)9-24-17-14(8-19)11(2)20-12(3)22-17/h4-7,10H,9H2,1-3H3,(H,21,23). The maximum Gasteiger partial charge on any atom is 0.230 e. The van der Waals surface area contributed by atoms with Gasteiger partial charge in [-0.1, -0.05) is 41.6 Å². The van der Waals surface area contributed by atoms with Crippen molar-refractivity contribution in [2.24, 2.45) is 0 Å². The van der Waals surface area contributed by atoms with Crippen LogP contribution in [0.1, 0.15) is 35.6 Å². The Balaban J connectivity index is 2.02. The van der Waals surface area contributed by atoms with Crippen LogP contribution in [0.25, 0.3) is 0 Å². The van der Waals surface area contributed by atoms with Crippen LogP contribution in [0.2, 0.25) is 5.02 Å². The number of carbonyl (C=O) groups is 1.